The molecular formula is C12H11N2O3-. The van der Waals surface area contributed by atoms with E-state index in [1.807, 2.05) is 30.3 Å². The molecule has 1 unspecified atom stereocenters. The van der Waals surface area contributed by atoms with Crippen molar-refractivity contribution < 1.29 is 5.11 Å². The molecule has 1 aromatic carbocycles. The molecule has 2 aromatic rings. The zero-order chi connectivity index (χ0) is 12.4. The standard InChI is InChI=1S/C12H12N2O3/c1-8(9-5-3-2-4-6-9)14-11(16)7-10(15)13-12(14)17/h2-8,16H,1H3,(H,13,15,17)/p-1. The molecule has 0 saturated carbocycles. The zero-order valence-electron chi connectivity index (χ0n) is 9.21. The first-order chi connectivity index (χ1) is 8.09. The van der Waals surface area contributed by atoms with Crippen molar-refractivity contribution in [3.05, 3.63) is 62.8 Å². The smallest absolute Gasteiger partial charge is 0.328 e. The minimum Gasteiger partial charge on any atom is -0.860 e. The summed E-state index contributed by atoms with van der Waals surface area (Å²) in [6.45, 7) is 1.73. The molecule has 0 saturated heterocycles. The Hall–Kier alpha value is -2.30. The number of hydrogen-bond donors (Lipinski definition) is 1. The van der Waals surface area contributed by atoms with Gasteiger partial charge in [0.1, 0.15) is 0 Å². The van der Waals surface area contributed by atoms with Gasteiger partial charge in [-0.3, -0.25) is 9.78 Å². The molecule has 17 heavy (non-hydrogen) atoms. The average Bonchev–Trinajstić information content (AvgIpc) is 2.28. The van der Waals surface area contributed by atoms with E-state index in [2.05, 4.69) is 4.98 Å². The van der Waals surface area contributed by atoms with Gasteiger partial charge in [0.15, 0.2) is 0 Å². The van der Waals surface area contributed by atoms with Crippen molar-refractivity contribution in [3.8, 4) is 5.88 Å². The van der Waals surface area contributed by atoms with Gasteiger partial charge in [0.05, 0.1) is 6.04 Å². The maximum Gasteiger partial charge on any atom is 0.328 e. The number of nitrogens with one attached hydrogen (secondary N) is 1. The Morgan fingerprint density at radius 1 is 1.24 bits per heavy atom. The number of rotatable bonds is 2. The van der Waals surface area contributed by atoms with E-state index in [9.17, 15) is 14.7 Å². The van der Waals surface area contributed by atoms with Crippen molar-refractivity contribution in [1.29, 1.82) is 0 Å². The molecule has 0 aliphatic heterocycles. The highest BCUT2D eigenvalue weighted by Gasteiger charge is 2.09. The van der Waals surface area contributed by atoms with Crippen LogP contribution in [0.3, 0.4) is 0 Å². The molecule has 0 radical (unpaired) electrons. The molecule has 1 heterocycles. The summed E-state index contributed by atoms with van der Waals surface area (Å²) in [5.74, 6) is -0.588. The molecule has 2 rings (SSSR count). The number of benzene rings is 1. The van der Waals surface area contributed by atoms with E-state index >= 15 is 0 Å². The molecule has 0 spiro atoms. The number of aromatic nitrogens is 2. The normalized spacial score (nSPS) is 12.3. The summed E-state index contributed by atoms with van der Waals surface area (Å²) in [5.41, 5.74) is -0.519. The molecule has 1 N–H and O–H groups in total. The summed E-state index contributed by atoms with van der Waals surface area (Å²) >= 11 is 0. The van der Waals surface area contributed by atoms with Crippen molar-refractivity contribution in [2.45, 2.75) is 13.0 Å². The van der Waals surface area contributed by atoms with E-state index in [1.54, 1.807) is 6.92 Å². The molecule has 88 valence electrons. The topological polar surface area (TPSA) is 77.9 Å². The fourth-order valence-corrected chi connectivity index (χ4v) is 1.73. The summed E-state index contributed by atoms with van der Waals surface area (Å²) < 4.78 is 1.02. The van der Waals surface area contributed by atoms with Crippen molar-refractivity contribution in [1.82, 2.24) is 9.55 Å². The van der Waals surface area contributed by atoms with E-state index in [1.165, 1.54) is 0 Å². The zero-order valence-corrected chi connectivity index (χ0v) is 9.21. The Morgan fingerprint density at radius 3 is 2.47 bits per heavy atom. The van der Waals surface area contributed by atoms with Crippen molar-refractivity contribution in [2.75, 3.05) is 0 Å². The van der Waals surface area contributed by atoms with E-state index in [4.69, 9.17) is 0 Å². The van der Waals surface area contributed by atoms with Gasteiger partial charge in [0.2, 0.25) is 0 Å². The number of nitrogens with zero attached hydrogens (tertiary/aromatic N) is 1. The first-order valence-corrected chi connectivity index (χ1v) is 5.17. The van der Waals surface area contributed by atoms with E-state index in [0.29, 0.717) is 0 Å². The van der Waals surface area contributed by atoms with Gasteiger partial charge in [-0.15, -0.1) is 0 Å². The molecule has 1 aromatic heterocycles. The first kappa shape index (κ1) is 11.2. The van der Waals surface area contributed by atoms with Gasteiger partial charge in [0.25, 0.3) is 5.56 Å². The van der Waals surface area contributed by atoms with Crippen molar-refractivity contribution >= 4 is 0 Å². The molecule has 0 aliphatic carbocycles. The van der Waals surface area contributed by atoms with Gasteiger partial charge in [0, 0.05) is 6.07 Å². The highest BCUT2D eigenvalue weighted by Crippen LogP contribution is 2.17. The second kappa shape index (κ2) is 4.29. The van der Waals surface area contributed by atoms with Crippen LogP contribution in [0.15, 0.2) is 46.0 Å². The van der Waals surface area contributed by atoms with E-state index in [-0.39, 0.29) is 0 Å². The Bertz CT molecular complexity index is 628. The maximum absolute atomic E-state index is 11.6. The van der Waals surface area contributed by atoms with Gasteiger partial charge in [-0.25, -0.2) is 4.79 Å². The summed E-state index contributed by atoms with van der Waals surface area (Å²) in [6, 6.07) is 9.61. The maximum atomic E-state index is 11.6. The Labute approximate surface area is 97.0 Å². The summed E-state index contributed by atoms with van der Waals surface area (Å²) in [6.07, 6.45) is 0. The van der Waals surface area contributed by atoms with Gasteiger partial charge in [-0.2, -0.15) is 0 Å². The van der Waals surface area contributed by atoms with Gasteiger partial charge in [-0.05, 0) is 18.4 Å². The third-order valence-electron chi connectivity index (χ3n) is 2.61. The third kappa shape index (κ3) is 2.13. The monoisotopic (exact) mass is 231 g/mol. The summed E-state index contributed by atoms with van der Waals surface area (Å²) in [5, 5.41) is 11.6. The Kier molecular flexibility index (Phi) is 2.82. The second-order valence-corrected chi connectivity index (χ2v) is 3.73. The molecule has 0 amide bonds. The number of aromatic amines is 1. The van der Waals surface area contributed by atoms with Crippen molar-refractivity contribution in [3.63, 3.8) is 0 Å². The summed E-state index contributed by atoms with van der Waals surface area (Å²) in [4.78, 5) is 24.6. The summed E-state index contributed by atoms with van der Waals surface area (Å²) in [7, 11) is 0. The second-order valence-electron chi connectivity index (χ2n) is 3.73. The van der Waals surface area contributed by atoms with E-state index < -0.39 is 23.2 Å². The lowest BCUT2D eigenvalue weighted by Crippen LogP contribution is -2.33. The fraction of sp³-hybridized carbons (Fsp3) is 0.167. The molecule has 5 heteroatoms. The van der Waals surface area contributed by atoms with Crippen LogP contribution in [0.4, 0.5) is 0 Å². The number of H-pyrrole nitrogens is 1. The van der Waals surface area contributed by atoms with Crippen LogP contribution in [-0.2, 0) is 0 Å². The highest BCUT2D eigenvalue weighted by atomic mass is 16.3. The van der Waals surface area contributed by atoms with Crippen LogP contribution in [-0.4, -0.2) is 9.55 Å². The van der Waals surface area contributed by atoms with Gasteiger partial charge < -0.3 is 9.67 Å². The predicted molar refractivity (Wildman–Crippen MR) is 61.0 cm³/mol. The van der Waals surface area contributed by atoms with Crippen LogP contribution in [0.25, 0.3) is 0 Å². The van der Waals surface area contributed by atoms with Crippen LogP contribution < -0.4 is 16.4 Å². The van der Waals surface area contributed by atoms with Crippen LogP contribution in [0, 0.1) is 0 Å². The molecule has 5 nitrogen and oxygen atoms in total. The fourth-order valence-electron chi connectivity index (χ4n) is 1.73. The lowest BCUT2D eigenvalue weighted by Gasteiger charge is -2.21. The molecule has 0 fully saturated rings. The van der Waals surface area contributed by atoms with Crippen molar-refractivity contribution in [2.24, 2.45) is 0 Å². The molecule has 0 aliphatic rings. The Balaban J connectivity index is 2.56. The first-order valence-electron chi connectivity index (χ1n) is 5.17. The van der Waals surface area contributed by atoms with Gasteiger partial charge in [-0.1, -0.05) is 30.3 Å². The lowest BCUT2D eigenvalue weighted by atomic mass is 10.1. The van der Waals surface area contributed by atoms with Crippen LogP contribution in [0.1, 0.15) is 18.5 Å². The van der Waals surface area contributed by atoms with Crippen LogP contribution >= 0.6 is 0 Å². The third-order valence-corrected chi connectivity index (χ3v) is 2.61. The molecular weight excluding hydrogens is 220 g/mol. The number of hydrogen-bond acceptors (Lipinski definition) is 3. The lowest BCUT2D eigenvalue weighted by molar-refractivity contribution is -0.280. The largest absolute Gasteiger partial charge is 0.860 e. The minimum atomic E-state index is -0.682. The SMILES string of the molecule is CC(c1ccccc1)n1c([O-])cc(=O)[nH]c1=O. The molecule has 0 bridgehead atoms. The Morgan fingerprint density at radius 2 is 1.88 bits per heavy atom. The van der Waals surface area contributed by atoms with Gasteiger partial charge >= 0.3 is 5.69 Å². The van der Waals surface area contributed by atoms with Crippen LogP contribution in [0.2, 0.25) is 0 Å². The minimum absolute atomic E-state index is 0.409. The highest BCUT2D eigenvalue weighted by molar-refractivity contribution is 5.21. The van der Waals surface area contributed by atoms with E-state index in [0.717, 1.165) is 16.2 Å². The molecule has 1 atom stereocenters. The quantitative estimate of drug-likeness (QED) is 0.803. The van der Waals surface area contributed by atoms with Crippen LogP contribution in [0.5, 0.6) is 5.88 Å². The predicted octanol–water partition coefficient (Wildman–Crippen LogP) is 0.219. The average molecular weight is 231 g/mol.